The summed E-state index contributed by atoms with van der Waals surface area (Å²) in [6.07, 6.45) is 1.46. The molecule has 0 radical (unpaired) electrons. The molecular weight excluding hydrogens is 302 g/mol. The molecule has 0 unspecified atom stereocenters. The van der Waals surface area contributed by atoms with Gasteiger partial charge >= 0.3 is 0 Å². The Morgan fingerprint density at radius 3 is 2.86 bits per heavy atom. The highest BCUT2D eigenvalue weighted by molar-refractivity contribution is 6.31. The standard InChI is InChI=1S/C16H16ClN3O2/c1-11-14(17)6-3-7-15(11)18-10-16(22)20-19-9-12-4-2-5-13(21)8-12/h2-9,18,21H,10H2,1H3,(H,20,22)/b19-9+. The summed E-state index contributed by atoms with van der Waals surface area (Å²) >= 11 is 6.01. The number of hydrazone groups is 1. The summed E-state index contributed by atoms with van der Waals surface area (Å²) in [5.74, 6) is -0.135. The molecule has 5 nitrogen and oxygen atoms in total. The third-order valence-electron chi connectivity index (χ3n) is 2.98. The van der Waals surface area contributed by atoms with Crippen molar-refractivity contribution >= 4 is 29.4 Å². The molecule has 0 saturated heterocycles. The Bertz CT molecular complexity index is 702. The number of hydrogen-bond donors (Lipinski definition) is 3. The lowest BCUT2D eigenvalue weighted by atomic mass is 10.2. The molecule has 2 aromatic rings. The van der Waals surface area contributed by atoms with E-state index in [1.807, 2.05) is 19.1 Å². The van der Waals surface area contributed by atoms with Crippen LogP contribution in [0.3, 0.4) is 0 Å². The molecule has 0 bridgehead atoms. The van der Waals surface area contributed by atoms with Crippen LogP contribution in [-0.2, 0) is 4.79 Å². The predicted octanol–water partition coefficient (Wildman–Crippen LogP) is 2.92. The Hall–Kier alpha value is -2.53. The van der Waals surface area contributed by atoms with Gasteiger partial charge in [0.1, 0.15) is 5.75 Å². The van der Waals surface area contributed by atoms with Gasteiger partial charge < -0.3 is 10.4 Å². The lowest BCUT2D eigenvalue weighted by molar-refractivity contribution is -0.119. The summed E-state index contributed by atoms with van der Waals surface area (Å²) in [5.41, 5.74) is 4.80. The molecule has 0 aliphatic rings. The summed E-state index contributed by atoms with van der Waals surface area (Å²) in [7, 11) is 0. The van der Waals surface area contributed by atoms with Crippen molar-refractivity contribution in [3.8, 4) is 5.75 Å². The molecule has 0 aromatic heterocycles. The zero-order valence-corrected chi connectivity index (χ0v) is 12.8. The lowest BCUT2D eigenvalue weighted by Gasteiger charge is -2.09. The van der Waals surface area contributed by atoms with Crippen LogP contribution in [0.15, 0.2) is 47.6 Å². The van der Waals surface area contributed by atoms with E-state index in [-0.39, 0.29) is 18.2 Å². The Morgan fingerprint density at radius 1 is 1.32 bits per heavy atom. The van der Waals surface area contributed by atoms with Crippen LogP contribution in [-0.4, -0.2) is 23.8 Å². The largest absolute Gasteiger partial charge is 0.508 e. The topological polar surface area (TPSA) is 73.7 Å². The number of phenolic OH excluding ortho intramolecular Hbond substituents is 1. The minimum atomic E-state index is -0.282. The van der Waals surface area contributed by atoms with E-state index in [0.717, 1.165) is 11.3 Å². The van der Waals surface area contributed by atoms with Gasteiger partial charge in [0, 0.05) is 10.7 Å². The Balaban J connectivity index is 1.84. The molecule has 114 valence electrons. The average Bonchev–Trinajstić information content (AvgIpc) is 2.49. The maximum absolute atomic E-state index is 11.7. The summed E-state index contributed by atoms with van der Waals surface area (Å²) < 4.78 is 0. The van der Waals surface area contributed by atoms with Crippen LogP contribution in [0.4, 0.5) is 5.69 Å². The normalized spacial score (nSPS) is 10.6. The predicted molar refractivity (Wildman–Crippen MR) is 88.5 cm³/mol. The van der Waals surface area contributed by atoms with Gasteiger partial charge in [-0.05, 0) is 42.3 Å². The number of anilines is 1. The smallest absolute Gasteiger partial charge is 0.259 e. The first-order chi connectivity index (χ1) is 10.6. The van der Waals surface area contributed by atoms with Crippen LogP contribution in [0.1, 0.15) is 11.1 Å². The van der Waals surface area contributed by atoms with E-state index in [0.29, 0.717) is 10.6 Å². The van der Waals surface area contributed by atoms with Crippen LogP contribution < -0.4 is 10.7 Å². The Labute approximate surface area is 133 Å². The molecular formula is C16H16ClN3O2. The molecule has 6 heteroatoms. The third-order valence-corrected chi connectivity index (χ3v) is 3.39. The van der Waals surface area contributed by atoms with Crippen molar-refractivity contribution in [1.29, 1.82) is 0 Å². The van der Waals surface area contributed by atoms with Gasteiger partial charge in [-0.1, -0.05) is 29.8 Å². The molecule has 2 rings (SSSR count). The van der Waals surface area contributed by atoms with Gasteiger partial charge in [-0.2, -0.15) is 5.10 Å². The van der Waals surface area contributed by atoms with Crippen LogP contribution in [0.2, 0.25) is 5.02 Å². The number of carbonyl (C=O) groups is 1. The third kappa shape index (κ3) is 4.49. The highest BCUT2D eigenvalue weighted by atomic mass is 35.5. The van der Waals surface area contributed by atoms with E-state index in [2.05, 4.69) is 15.8 Å². The van der Waals surface area contributed by atoms with E-state index < -0.39 is 0 Å². The molecule has 0 spiro atoms. The number of aromatic hydroxyl groups is 1. The Morgan fingerprint density at radius 2 is 2.09 bits per heavy atom. The molecule has 0 aliphatic carbocycles. The van der Waals surface area contributed by atoms with Crippen molar-refractivity contribution in [3.05, 3.63) is 58.6 Å². The fourth-order valence-corrected chi connectivity index (χ4v) is 1.97. The minimum absolute atomic E-state index is 0.0819. The van der Waals surface area contributed by atoms with Crippen LogP contribution in [0.5, 0.6) is 5.75 Å². The second-order valence-electron chi connectivity index (χ2n) is 4.65. The van der Waals surface area contributed by atoms with Gasteiger partial charge in [-0.15, -0.1) is 0 Å². The molecule has 3 N–H and O–H groups in total. The summed E-state index contributed by atoms with van der Waals surface area (Å²) in [5, 5.41) is 16.8. The molecule has 1 amide bonds. The number of nitrogens with zero attached hydrogens (tertiary/aromatic N) is 1. The fourth-order valence-electron chi connectivity index (χ4n) is 1.80. The average molecular weight is 318 g/mol. The maximum Gasteiger partial charge on any atom is 0.259 e. The molecule has 0 fully saturated rings. The molecule has 22 heavy (non-hydrogen) atoms. The van der Waals surface area contributed by atoms with E-state index in [9.17, 15) is 9.90 Å². The highest BCUT2D eigenvalue weighted by Gasteiger charge is 2.04. The van der Waals surface area contributed by atoms with Crippen LogP contribution in [0, 0.1) is 6.92 Å². The maximum atomic E-state index is 11.7. The number of nitrogens with one attached hydrogen (secondary N) is 2. The quantitative estimate of drug-likeness (QED) is 0.586. The zero-order chi connectivity index (χ0) is 15.9. The number of rotatable bonds is 5. The number of carbonyl (C=O) groups excluding carboxylic acids is 1. The van der Waals surface area contributed by atoms with Crippen LogP contribution in [0.25, 0.3) is 0 Å². The van der Waals surface area contributed by atoms with Gasteiger partial charge in [0.15, 0.2) is 0 Å². The molecule has 0 atom stereocenters. The SMILES string of the molecule is Cc1c(Cl)cccc1NCC(=O)N/N=C/c1cccc(O)c1. The number of amides is 1. The van der Waals surface area contributed by atoms with Gasteiger partial charge in [-0.25, -0.2) is 5.43 Å². The van der Waals surface area contributed by atoms with Gasteiger partial charge in [0.05, 0.1) is 12.8 Å². The first-order valence-electron chi connectivity index (χ1n) is 6.66. The first-order valence-corrected chi connectivity index (χ1v) is 7.04. The lowest BCUT2D eigenvalue weighted by Crippen LogP contribution is -2.26. The van der Waals surface area contributed by atoms with E-state index >= 15 is 0 Å². The molecule has 0 saturated carbocycles. The van der Waals surface area contributed by atoms with E-state index in [4.69, 9.17) is 11.6 Å². The van der Waals surface area contributed by atoms with Crippen molar-refractivity contribution in [3.63, 3.8) is 0 Å². The van der Waals surface area contributed by atoms with Crippen molar-refractivity contribution < 1.29 is 9.90 Å². The molecule has 0 heterocycles. The second kappa shape index (κ2) is 7.47. The van der Waals surface area contributed by atoms with Gasteiger partial charge in [0.2, 0.25) is 0 Å². The first kappa shape index (κ1) is 15.9. The van der Waals surface area contributed by atoms with E-state index in [1.54, 1.807) is 30.3 Å². The monoisotopic (exact) mass is 317 g/mol. The van der Waals surface area contributed by atoms with Crippen molar-refractivity contribution in [1.82, 2.24) is 5.43 Å². The Kier molecular flexibility index (Phi) is 5.38. The van der Waals surface area contributed by atoms with E-state index in [1.165, 1.54) is 6.21 Å². The van der Waals surface area contributed by atoms with Gasteiger partial charge in [-0.3, -0.25) is 4.79 Å². The molecule has 2 aromatic carbocycles. The van der Waals surface area contributed by atoms with Gasteiger partial charge in [0.25, 0.3) is 5.91 Å². The number of benzene rings is 2. The van der Waals surface area contributed by atoms with Crippen molar-refractivity contribution in [2.75, 3.05) is 11.9 Å². The number of phenols is 1. The number of hydrogen-bond acceptors (Lipinski definition) is 4. The van der Waals surface area contributed by atoms with Crippen molar-refractivity contribution in [2.24, 2.45) is 5.10 Å². The summed E-state index contributed by atoms with van der Waals surface area (Å²) in [6, 6.07) is 12.0. The minimum Gasteiger partial charge on any atom is -0.508 e. The number of halogens is 1. The fraction of sp³-hybridized carbons (Fsp3) is 0.125. The van der Waals surface area contributed by atoms with Crippen LogP contribution >= 0.6 is 11.6 Å². The van der Waals surface area contributed by atoms with Crippen molar-refractivity contribution in [2.45, 2.75) is 6.92 Å². The zero-order valence-electron chi connectivity index (χ0n) is 12.0. The summed E-state index contributed by atoms with van der Waals surface area (Å²) in [4.78, 5) is 11.7. The summed E-state index contributed by atoms with van der Waals surface area (Å²) in [6.45, 7) is 1.96. The second-order valence-corrected chi connectivity index (χ2v) is 5.06. The highest BCUT2D eigenvalue weighted by Crippen LogP contribution is 2.22. The molecule has 0 aliphatic heterocycles.